The molecule has 0 aliphatic heterocycles. The molecule has 3 nitrogen and oxygen atoms in total. The van der Waals surface area contributed by atoms with Crippen LogP contribution in [0, 0.1) is 0 Å². The van der Waals surface area contributed by atoms with E-state index in [1.807, 2.05) is 18.2 Å². The molecular formula is C35H23N3. The molecule has 8 rings (SSSR count). The lowest BCUT2D eigenvalue weighted by Gasteiger charge is -2.10. The quantitative estimate of drug-likeness (QED) is 0.254. The van der Waals surface area contributed by atoms with Crippen LogP contribution < -0.4 is 0 Å². The molecule has 0 saturated heterocycles. The minimum absolute atomic E-state index is 0.693. The molecule has 1 aromatic heterocycles. The highest BCUT2D eigenvalue weighted by molar-refractivity contribution is 5.81. The van der Waals surface area contributed by atoms with Crippen molar-refractivity contribution in [3.8, 4) is 56.4 Å². The van der Waals surface area contributed by atoms with Gasteiger partial charge in [0, 0.05) is 16.7 Å². The van der Waals surface area contributed by atoms with Gasteiger partial charge in [0.05, 0.1) is 0 Å². The molecule has 178 valence electrons. The summed E-state index contributed by atoms with van der Waals surface area (Å²) in [5, 5.41) is 0. The standard InChI is InChI=1S/C35H23N3/c1-2-8-22(9-3-1)33-36-34(25-14-16-31-27(20-25)18-23-10-4-6-12-29(23)31)38-35(37-33)26-15-17-32-28(21-26)19-24-11-5-7-13-30(24)32/h1-17,20-21H,18-19H2. The molecule has 2 aliphatic carbocycles. The highest BCUT2D eigenvalue weighted by Crippen LogP contribution is 2.40. The number of fused-ring (bicyclic) bond motifs is 6. The summed E-state index contributed by atoms with van der Waals surface area (Å²) >= 11 is 0. The van der Waals surface area contributed by atoms with Gasteiger partial charge < -0.3 is 0 Å². The summed E-state index contributed by atoms with van der Waals surface area (Å²) in [5.41, 5.74) is 13.7. The fourth-order valence-electron chi connectivity index (χ4n) is 5.92. The average Bonchev–Trinajstić information content (AvgIpc) is 3.54. The van der Waals surface area contributed by atoms with Gasteiger partial charge in [0.1, 0.15) is 0 Å². The SMILES string of the molecule is c1ccc(-c2nc(-c3ccc4c(c3)Cc3ccccc3-4)nc(-c3ccc4c(c3)Cc3ccccc3-4)n2)cc1. The van der Waals surface area contributed by atoms with Gasteiger partial charge in [-0.05, 0) is 69.5 Å². The molecule has 0 unspecified atom stereocenters. The maximum absolute atomic E-state index is 5.03. The zero-order valence-corrected chi connectivity index (χ0v) is 20.7. The van der Waals surface area contributed by atoms with Gasteiger partial charge in [-0.25, -0.2) is 15.0 Å². The lowest BCUT2D eigenvalue weighted by atomic mass is 10.0. The van der Waals surface area contributed by atoms with Gasteiger partial charge in [0.15, 0.2) is 17.5 Å². The third-order valence-electron chi connectivity index (χ3n) is 7.77. The molecule has 3 heteroatoms. The second-order valence-corrected chi connectivity index (χ2v) is 10.1. The van der Waals surface area contributed by atoms with Crippen molar-refractivity contribution in [2.45, 2.75) is 12.8 Å². The van der Waals surface area contributed by atoms with E-state index in [2.05, 4.69) is 97.1 Å². The van der Waals surface area contributed by atoms with Crippen molar-refractivity contribution in [2.24, 2.45) is 0 Å². The van der Waals surface area contributed by atoms with Crippen molar-refractivity contribution in [3.63, 3.8) is 0 Å². The molecule has 0 radical (unpaired) electrons. The number of benzene rings is 5. The first-order valence-corrected chi connectivity index (χ1v) is 13.0. The third-order valence-corrected chi connectivity index (χ3v) is 7.77. The molecule has 5 aromatic carbocycles. The summed E-state index contributed by atoms with van der Waals surface area (Å²) < 4.78 is 0. The molecule has 0 spiro atoms. The van der Waals surface area contributed by atoms with Crippen LogP contribution >= 0.6 is 0 Å². The van der Waals surface area contributed by atoms with Crippen molar-refractivity contribution in [1.29, 1.82) is 0 Å². The maximum atomic E-state index is 5.03. The predicted molar refractivity (Wildman–Crippen MR) is 153 cm³/mol. The predicted octanol–water partition coefficient (Wildman–Crippen LogP) is 8.02. The van der Waals surface area contributed by atoms with Crippen LogP contribution in [0.4, 0.5) is 0 Å². The van der Waals surface area contributed by atoms with Crippen molar-refractivity contribution in [1.82, 2.24) is 15.0 Å². The van der Waals surface area contributed by atoms with E-state index in [1.54, 1.807) is 0 Å². The smallest absolute Gasteiger partial charge is 0.164 e. The van der Waals surface area contributed by atoms with Crippen LogP contribution in [0.5, 0.6) is 0 Å². The van der Waals surface area contributed by atoms with Crippen LogP contribution in [0.2, 0.25) is 0 Å². The van der Waals surface area contributed by atoms with Crippen LogP contribution in [0.25, 0.3) is 56.4 Å². The van der Waals surface area contributed by atoms with E-state index in [4.69, 9.17) is 15.0 Å². The Hall–Kier alpha value is -4.89. The van der Waals surface area contributed by atoms with Crippen molar-refractivity contribution in [2.75, 3.05) is 0 Å². The lowest BCUT2D eigenvalue weighted by molar-refractivity contribution is 1.07. The molecule has 38 heavy (non-hydrogen) atoms. The zero-order chi connectivity index (χ0) is 25.1. The van der Waals surface area contributed by atoms with Crippen LogP contribution in [-0.4, -0.2) is 15.0 Å². The van der Waals surface area contributed by atoms with Gasteiger partial charge in [-0.3, -0.25) is 0 Å². The van der Waals surface area contributed by atoms with E-state index in [-0.39, 0.29) is 0 Å². The van der Waals surface area contributed by atoms with E-state index in [9.17, 15) is 0 Å². The number of aromatic nitrogens is 3. The Kier molecular flexibility index (Phi) is 4.65. The molecule has 1 heterocycles. The Bertz CT molecular complexity index is 1760. The second-order valence-electron chi connectivity index (χ2n) is 10.1. The lowest BCUT2D eigenvalue weighted by Crippen LogP contribution is -2.01. The highest BCUT2D eigenvalue weighted by atomic mass is 15.0. The normalized spacial score (nSPS) is 12.5. The van der Waals surface area contributed by atoms with Crippen molar-refractivity contribution >= 4 is 0 Å². The highest BCUT2D eigenvalue weighted by Gasteiger charge is 2.21. The van der Waals surface area contributed by atoms with Crippen molar-refractivity contribution < 1.29 is 0 Å². The Labute approximate surface area is 221 Å². The molecule has 0 N–H and O–H groups in total. The Morgan fingerprint density at radius 1 is 0.342 bits per heavy atom. The van der Waals surface area contributed by atoms with Gasteiger partial charge in [-0.15, -0.1) is 0 Å². The molecule has 0 bridgehead atoms. The van der Waals surface area contributed by atoms with Crippen LogP contribution in [-0.2, 0) is 12.8 Å². The molecule has 6 aromatic rings. The molecule has 0 saturated carbocycles. The largest absolute Gasteiger partial charge is 0.208 e. The summed E-state index contributed by atoms with van der Waals surface area (Å²) in [4.78, 5) is 14.9. The Balaban J connectivity index is 1.26. The molecule has 0 amide bonds. The first kappa shape index (κ1) is 21.2. The molecular weight excluding hydrogens is 462 g/mol. The minimum Gasteiger partial charge on any atom is -0.208 e. The van der Waals surface area contributed by atoms with Gasteiger partial charge in [0.25, 0.3) is 0 Å². The first-order valence-electron chi connectivity index (χ1n) is 13.0. The fraction of sp³-hybridized carbons (Fsp3) is 0.0571. The third kappa shape index (κ3) is 3.40. The summed E-state index contributed by atoms with van der Waals surface area (Å²) in [7, 11) is 0. The number of rotatable bonds is 3. The molecule has 0 fully saturated rings. The Morgan fingerprint density at radius 3 is 1.29 bits per heavy atom. The summed E-state index contributed by atoms with van der Waals surface area (Å²) in [6.07, 6.45) is 1.88. The number of hydrogen-bond acceptors (Lipinski definition) is 3. The van der Waals surface area contributed by atoms with E-state index < -0.39 is 0 Å². The monoisotopic (exact) mass is 485 g/mol. The topological polar surface area (TPSA) is 38.7 Å². The van der Waals surface area contributed by atoms with E-state index >= 15 is 0 Å². The van der Waals surface area contributed by atoms with E-state index in [1.165, 1.54) is 44.5 Å². The second kappa shape index (κ2) is 8.32. The van der Waals surface area contributed by atoms with E-state index in [0.717, 1.165) is 29.5 Å². The van der Waals surface area contributed by atoms with Crippen LogP contribution in [0.3, 0.4) is 0 Å². The average molecular weight is 486 g/mol. The van der Waals surface area contributed by atoms with E-state index in [0.29, 0.717) is 17.5 Å². The number of hydrogen-bond donors (Lipinski definition) is 0. The van der Waals surface area contributed by atoms with Crippen LogP contribution in [0.15, 0.2) is 115 Å². The van der Waals surface area contributed by atoms with Gasteiger partial charge in [-0.1, -0.05) is 103 Å². The summed E-state index contributed by atoms with van der Waals surface area (Å²) in [5.74, 6) is 2.10. The van der Waals surface area contributed by atoms with Gasteiger partial charge in [-0.2, -0.15) is 0 Å². The zero-order valence-electron chi connectivity index (χ0n) is 20.7. The van der Waals surface area contributed by atoms with Gasteiger partial charge >= 0.3 is 0 Å². The summed E-state index contributed by atoms with van der Waals surface area (Å²) in [6.45, 7) is 0. The fourth-order valence-corrected chi connectivity index (χ4v) is 5.92. The summed E-state index contributed by atoms with van der Waals surface area (Å²) in [6, 6.07) is 40.7. The van der Waals surface area contributed by atoms with Gasteiger partial charge in [0.2, 0.25) is 0 Å². The molecule has 2 aliphatic rings. The molecule has 0 atom stereocenters. The van der Waals surface area contributed by atoms with Crippen LogP contribution in [0.1, 0.15) is 22.3 Å². The maximum Gasteiger partial charge on any atom is 0.164 e. The Morgan fingerprint density at radius 2 is 0.763 bits per heavy atom. The minimum atomic E-state index is 0.693. The van der Waals surface area contributed by atoms with Crippen molar-refractivity contribution in [3.05, 3.63) is 138 Å². The number of nitrogens with zero attached hydrogens (tertiary/aromatic N) is 3. The first-order chi connectivity index (χ1) is 18.8.